The summed E-state index contributed by atoms with van der Waals surface area (Å²) in [6.07, 6.45) is 1.73. The number of aldehydes is 1. The molecule has 0 spiro atoms. The molecule has 0 aromatic carbocycles. The lowest BCUT2D eigenvalue weighted by Crippen LogP contribution is -2.45. The Hall–Kier alpha value is -2.15. The average molecular weight is 320 g/mol. The quantitative estimate of drug-likeness (QED) is 0.859. The zero-order valence-corrected chi connectivity index (χ0v) is 14.1. The predicted molar refractivity (Wildman–Crippen MR) is 89.2 cm³/mol. The molecule has 7 nitrogen and oxygen atoms in total. The molecule has 0 atom stereocenters. The zero-order chi connectivity index (χ0) is 17.0. The number of carbonyl (C=O) groups is 2. The van der Waals surface area contributed by atoms with Gasteiger partial charge in [0.1, 0.15) is 11.4 Å². The van der Waals surface area contributed by atoms with Gasteiger partial charge >= 0.3 is 6.09 Å². The van der Waals surface area contributed by atoms with Gasteiger partial charge in [-0.05, 0) is 33.9 Å². The van der Waals surface area contributed by atoms with Gasteiger partial charge in [-0.3, -0.25) is 10.1 Å². The summed E-state index contributed by atoms with van der Waals surface area (Å²) in [6.45, 7) is 8.76. The number of carbonyl (C=O) groups excluding carboxylic acids is 2. The van der Waals surface area contributed by atoms with Crippen molar-refractivity contribution < 1.29 is 14.3 Å². The molecule has 1 aliphatic heterocycles. The van der Waals surface area contributed by atoms with Crippen LogP contribution in [0.5, 0.6) is 0 Å². The number of piperazine rings is 1. The normalized spacial score (nSPS) is 16.1. The smallest absolute Gasteiger partial charge is 0.412 e. The first-order chi connectivity index (χ1) is 10.8. The van der Waals surface area contributed by atoms with Crippen molar-refractivity contribution in [2.24, 2.45) is 0 Å². The topological polar surface area (TPSA) is 74.8 Å². The number of likely N-dealkylation sites (N-methyl/N-ethyl adjacent to an activating group) is 1. The minimum atomic E-state index is -0.598. The molecule has 1 saturated heterocycles. The van der Waals surface area contributed by atoms with Crippen LogP contribution in [-0.2, 0) is 4.74 Å². The standard InChI is InChI=1S/C16H24N4O3/c1-16(2,3)23-15(22)18-13-5-6-17-14(12(13)11-21)20-9-7-19(4)8-10-20/h5-6,11H,7-10H2,1-4H3,(H,17,18,22). The molecular formula is C16H24N4O3. The van der Waals surface area contributed by atoms with E-state index in [0.717, 1.165) is 32.5 Å². The lowest BCUT2D eigenvalue weighted by atomic mass is 10.2. The van der Waals surface area contributed by atoms with Crippen LogP contribution in [-0.4, -0.2) is 61.1 Å². The first-order valence-corrected chi connectivity index (χ1v) is 7.68. The van der Waals surface area contributed by atoms with E-state index in [2.05, 4.69) is 27.1 Å². The van der Waals surface area contributed by atoms with Gasteiger partial charge in [-0.25, -0.2) is 9.78 Å². The number of hydrogen-bond donors (Lipinski definition) is 1. The molecule has 2 heterocycles. The van der Waals surface area contributed by atoms with E-state index in [0.29, 0.717) is 17.1 Å². The third-order valence-corrected chi connectivity index (χ3v) is 3.53. The Labute approximate surface area is 136 Å². The first kappa shape index (κ1) is 17.2. The van der Waals surface area contributed by atoms with Crippen LogP contribution in [0.1, 0.15) is 31.1 Å². The number of rotatable bonds is 3. The van der Waals surface area contributed by atoms with Crippen molar-refractivity contribution >= 4 is 23.9 Å². The maximum absolute atomic E-state index is 11.9. The monoisotopic (exact) mass is 320 g/mol. The predicted octanol–water partition coefficient (Wildman–Crippen LogP) is 1.99. The Morgan fingerprint density at radius 1 is 1.30 bits per heavy atom. The number of nitrogens with one attached hydrogen (secondary N) is 1. The van der Waals surface area contributed by atoms with Crippen molar-refractivity contribution in [3.05, 3.63) is 17.8 Å². The van der Waals surface area contributed by atoms with E-state index in [1.165, 1.54) is 0 Å². The molecule has 1 N–H and O–H groups in total. The maximum Gasteiger partial charge on any atom is 0.412 e. The fraction of sp³-hybridized carbons (Fsp3) is 0.562. The van der Waals surface area contributed by atoms with Gasteiger partial charge in [0, 0.05) is 32.4 Å². The number of ether oxygens (including phenoxy) is 1. The zero-order valence-electron chi connectivity index (χ0n) is 14.1. The molecule has 0 saturated carbocycles. The molecule has 1 aliphatic rings. The van der Waals surface area contributed by atoms with E-state index in [1.807, 2.05) is 0 Å². The lowest BCUT2D eigenvalue weighted by Gasteiger charge is -2.34. The number of amides is 1. The summed E-state index contributed by atoms with van der Waals surface area (Å²) in [5, 5.41) is 2.64. The Morgan fingerprint density at radius 3 is 2.52 bits per heavy atom. The molecule has 0 unspecified atom stereocenters. The summed E-state index contributed by atoms with van der Waals surface area (Å²) in [5.41, 5.74) is 0.194. The Morgan fingerprint density at radius 2 is 1.96 bits per heavy atom. The summed E-state index contributed by atoms with van der Waals surface area (Å²) in [4.78, 5) is 32.1. The first-order valence-electron chi connectivity index (χ1n) is 7.68. The molecule has 0 bridgehead atoms. The van der Waals surface area contributed by atoms with Crippen molar-refractivity contribution in [2.45, 2.75) is 26.4 Å². The largest absolute Gasteiger partial charge is 0.444 e. The molecule has 0 radical (unpaired) electrons. The van der Waals surface area contributed by atoms with E-state index in [4.69, 9.17) is 4.74 Å². The fourth-order valence-electron chi connectivity index (χ4n) is 2.37. The van der Waals surface area contributed by atoms with Gasteiger partial charge in [0.2, 0.25) is 0 Å². The number of nitrogens with zero attached hydrogens (tertiary/aromatic N) is 3. The number of aromatic nitrogens is 1. The van der Waals surface area contributed by atoms with Gasteiger partial charge in [-0.15, -0.1) is 0 Å². The van der Waals surface area contributed by atoms with Gasteiger partial charge in [-0.1, -0.05) is 0 Å². The van der Waals surface area contributed by atoms with E-state index in [1.54, 1.807) is 33.0 Å². The molecule has 1 aromatic heterocycles. The summed E-state index contributed by atoms with van der Waals surface area (Å²) in [6, 6.07) is 1.60. The van der Waals surface area contributed by atoms with Gasteiger partial charge in [0.05, 0.1) is 11.3 Å². The molecule has 23 heavy (non-hydrogen) atoms. The van der Waals surface area contributed by atoms with Crippen LogP contribution in [0.3, 0.4) is 0 Å². The molecule has 2 rings (SSSR count). The van der Waals surface area contributed by atoms with Gasteiger partial charge < -0.3 is 14.5 Å². The van der Waals surface area contributed by atoms with Crippen molar-refractivity contribution in [1.29, 1.82) is 0 Å². The molecule has 7 heteroatoms. The van der Waals surface area contributed by atoms with E-state index in [9.17, 15) is 9.59 Å². The van der Waals surface area contributed by atoms with E-state index >= 15 is 0 Å². The molecule has 1 aromatic rings. The van der Waals surface area contributed by atoms with Gasteiger partial charge in [-0.2, -0.15) is 0 Å². The highest BCUT2D eigenvalue weighted by molar-refractivity contribution is 5.97. The summed E-state index contributed by atoms with van der Waals surface area (Å²) in [7, 11) is 2.06. The van der Waals surface area contributed by atoms with Crippen molar-refractivity contribution in [2.75, 3.05) is 43.4 Å². The highest BCUT2D eigenvalue weighted by Gasteiger charge is 2.22. The van der Waals surface area contributed by atoms with E-state index < -0.39 is 11.7 Å². The highest BCUT2D eigenvalue weighted by atomic mass is 16.6. The minimum absolute atomic E-state index is 0.378. The minimum Gasteiger partial charge on any atom is -0.444 e. The second-order valence-electron chi connectivity index (χ2n) is 6.63. The van der Waals surface area contributed by atoms with Crippen LogP contribution in [0, 0.1) is 0 Å². The molecule has 0 aliphatic carbocycles. The highest BCUT2D eigenvalue weighted by Crippen LogP contribution is 2.25. The molecule has 1 fully saturated rings. The van der Waals surface area contributed by atoms with Gasteiger partial charge in [0.25, 0.3) is 0 Å². The fourth-order valence-corrected chi connectivity index (χ4v) is 2.37. The SMILES string of the molecule is CN1CCN(c2nccc(NC(=O)OC(C)(C)C)c2C=O)CC1. The maximum atomic E-state index is 11.9. The number of anilines is 2. The lowest BCUT2D eigenvalue weighted by molar-refractivity contribution is 0.0636. The van der Waals surface area contributed by atoms with Crippen molar-refractivity contribution in [3.63, 3.8) is 0 Å². The number of pyridine rings is 1. The Kier molecular flexibility index (Phi) is 5.20. The molecular weight excluding hydrogens is 296 g/mol. The summed E-state index contributed by atoms with van der Waals surface area (Å²) in [5.74, 6) is 0.599. The van der Waals surface area contributed by atoms with Gasteiger partial charge in [0.15, 0.2) is 6.29 Å². The second-order valence-corrected chi connectivity index (χ2v) is 6.63. The van der Waals surface area contributed by atoms with Crippen molar-refractivity contribution in [3.8, 4) is 0 Å². The Bertz CT molecular complexity index is 575. The molecule has 1 amide bonds. The number of hydrogen-bond acceptors (Lipinski definition) is 6. The van der Waals surface area contributed by atoms with Crippen molar-refractivity contribution in [1.82, 2.24) is 9.88 Å². The van der Waals surface area contributed by atoms with E-state index in [-0.39, 0.29) is 0 Å². The van der Waals surface area contributed by atoms with Crippen LogP contribution >= 0.6 is 0 Å². The van der Waals surface area contributed by atoms with Crippen LogP contribution in [0.4, 0.5) is 16.3 Å². The van der Waals surface area contributed by atoms with Crippen LogP contribution in [0.15, 0.2) is 12.3 Å². The van der Waals surface area contributed by atoms with Crippen LogP contribution in [0.2, 0.25) is 0 Å². The second kappa shape index (κ2) is 6.95. The Balaban J connectivity index is 2.19. The van der Waals surface area contributed by atoms with Crippen LogP contribution in [0.25, 0.3) is 0 Å². The van der Waals surface area contributed by atoms with Crippen LogP contribution < -0.4 is 10.2 Å². The third-order valence-electron chi connectivity index (χ3n) is 3.53. The summed E-state index contributed by atoms with van der Waals surface area (Å²) >= 11 is 0. The third kappa shape index (κ3) is 4.66. The average Bonchev–Trinajstić information content (AvgIpc) is 2.46. The molecule has 126 valence electrons. The summed E-state index contributed by atoms with van der Waals surface area (Å²) < 4.78 is 5.23.